The molecule has 8 nitrogen and oxygen atoms in total. The summed E-state index contributed by atoms with van der Waals surface area (Å²) in [6.07, 6.45) is 4.08. The molecule has 2 aliphatic rings. The van der Waals surface area contributed by atoms with Crippen LogP contribution in [0.25, 0.3) is 0 Å². The molecule has 0 saturated carbocycles. The number of carbonyl (C=O) groups excluding carboxylic acids is 2. The average molecular weight is 507 g/mol. The Bertz CT molecular complexity index is 1010. The summed E-state index contributed by atoms with van der Waals surface area (Å²) in [6, 6.07) is 8.91. The Morgan fingerprint density at radius 3 is 2.74 bits per heavy atom. The van der Waals surface area contributed by atoms with Crippen LogP contribution in [0.1, 0.15) is 19.3 Å². The molecule has 182 valence electrons. The van der Waals surface area contributed by atoms with Crippen molar-refractivity contribution >= 4 is 47.1 Å². The molecule has 2 fully saturated rings. The van der Waals surface area contributed by atoms with E-state index in [1.165, 1.54) is 30.3 Å². The van der Waals surface area contributed by atoms with E-state index in [4.69, 9.17) is 11.6 Å². The summed E-state index contributed by atoms with van der Waals surface area (Å²) < 4.78 is 18.3. The topological polar surface area (TPSA) is 89.6 Å². The van der Waals surface area contributed by atoms with E-state index in [2.05, 4.69) is 25.2 Å². The van der Waals surface area contributed by atoms with Crippen LogP contribution in [0.15, 0.2) is 42.6 Å². The van der Waals surface area contributed by atoms with E-state index in [9.17, 15) is 14.0 Å². The minimum absolute atomic E-state index is 0.0611. The van der Waals surface area contributed by atoms with Gasteiger partial charge < -0.3 is 15.5 Å². The van der Waals surface area contributed by atoms with Crippen molar-refractivity contribution in [3.63, 3.8) is 0 Å². The summed E-state index contributed by atoms with van der Waals surface area (Å²) in [4.78, 5) is 32.3. The predicted octanol–water partition coefficient (Wildman–Crippen LogP) is 3.07. The Kier molecular flexibility index (Phi) is 8.25. The van der Waals surface area contributed by atoms with Crippen LogP contribution in [0.2, 0.25) is 5.02 Å². The van der Waals surface area contributed by atoms with Crippen LogP contribution in [0.5, 0.6) is 0 Å². The molecule has 1 aromatic heterocycles. The van der Waals surface area contributed by atoms with E-state index >= 15 is 0 Å². The van der Waals surface area contributed by atoms with Crippen molar-refractivity contribution in [2.45, 2.75) is 31.3 Å². The monoisotopic (exact) mass is 506 g/mol. The highest BCUT2D eigenvalue weighted by Crippen LogP contribution is 2.25. The zero-order valence-corrected chi connectivity index (χ0v) is 20.4. The summed E-state index contributed by atoms with van der Waals surface area (Å²) in [7, 11) is 1.78. The van der Waals surface area contributed by atoms with E-state index in [0.717, 1.165) is 31.7 Å². The van der Waals surface area contributed by atoms with Crippen molar-refractivity contribution < 1.29 is 14.0 Å². The van der Waals surface area contributed by atoms with Crippen LogP contribution in [-0.2, 0) is 9.59 Å². The summed E-state index contributed by atoms with van der Waals surface area (Å²) in [6.45, 7) is 2.43. The van der Waals surface area contributed by atoms with Gasteiger partial charge in [-0.1, -0.05) is 17.7 Å². The van der Waals surface area contributed by atoms with Crippen LogP contribution < -0.4 is 20.3 Å². The normalized spacial score (nSPS) is 21.8. The zero-order valence-electron chi connectivity index (χ0n) is 18.8. The number of rotatable bonds is 6. The highest BCUT2D eigenvalue weighted by atomic mass is 35.5. The SMILES string of the molecule is CN1SNC(C(=O)NCC2CCN(c3ccccn3)CC2)CC1C(=O)Nc1ccc(F)c(Cl)c1. The number of amides is 2. The molecule has 2 amide bonds. The molecule has 0 bridgehead atoms. The molecule has 3 N–H and O–H groups in total. The first-order valence-electron chi connectivity index (χ1n) is 11.3. The molecule has 3 heterocycles. The molecule has 1 aromatic carbocycles. The van der Waals surface area contributed by atoms with E-state index in [0.29, 0.717) is 24.6 Å². The second-order valence-corrected chi connectivity index (χ2v) is 9.94. The first-order valence-corrected chi connectivity index (χ1v) is 12.4. The summed E-state index contributed by atoms with van der Waals surface area (Å²) in [5, 5.41) is 5.75. The number of anilines is 2. The number of aromatic nitrogens is 1. The van der Waals surface area contributed by atoms with Crippen molar-refractivity contribution in [2.75, 3.05) is 36.9 Å². The molecular formula is C23H28ClFN6O2S. The first-order chi connectivity index (χ1) is 16.4. The van der Waals surface area contributed by atoms with Crippen molar-refractivity contribution in [1.82, 2.24) is 19.3 Å². The molecule has 2 saturated heterocycles. The van der Waals surface area contributed by atoms with Crippen LogP contribution in [0.4, 0.5) is 15.9 Å². The number of likely N-dealkylation sites (N-methyl/N-ethyl adjacent to an activating group) is 1. The number of hydrogen-bond acceptors (Lipinski definition) is 7. The quantitative estimate of drug-likeness (QED) is 0.519. The van der Waals surface area contributed by atoms with Crippen LogP contribution in [0.3, 0.4) is 0 Å². The van der Waals surface area contributed by atoms with Gasteiger partial charge >= 0.3 is 0 Å². The third-order valence-corrected chi connectivity index (χ3v) is 7.42. The van der Waals surface area contributed by atoms with Gasteiger partial charge in [0, 0.05) is 43.7 Å². The predicted molar refractivity (Wildman–Crippen MR) is 133 cm³/mol. The Balaban J connectivity index is 1.25. The van der Waals surface area contributed by atoms with E-state index < -0.39 is 17.9 Å². The van der Waals surface area contributed by atoms with Gasteiger partial charge in [-0.3, -0.25) is 9.59 Å². The van der Waals surface area contributed by atoms with Crippen LogP contribution in [0, 0.1) is 11.7 Å². The molecule has 11 heteroatoms. The molecule has 2 unspecified atom stereocenters. The number of nitrogens with zero attached hydrogens (tertiary/aromatic N) is 3. The fraction of sp³-hybridized carbons (Fsp3) is 0.435. The Morgan fingerprint density at radius 1 is 1.24 bits per heavy atom. The van der Waals surface area contributed by atoms with Gasteiger partial charge in [0.15, 0.2) is 0 Å². The fourth-order valence-corrected chi connectivity index (χ4v) is 5.12. The molecule has 4 rings (SSSR count). The van der Waals surface area contributed by atoms with Crippen molar-refractivity contribution in [2.24, 2.45) is 5.92 Å². The van der Waals surface area contributed by atoms with Gasteiger partial charge in [-0.25, -0.2) is 18.4 Å². The smallest absolute Gasteiger partial charge is 0.242 e. The Hall–Kier alpha value is -2.40. The van der Waals surface area contributed by atoms with Gasteiger partial charge in [-0.05, 0) is 62.6 Å². The fourth-order valence-electron chi connectivity index (χ4n) is 4.14. The molecule has 0 spiro atoms. The highest BCUT2D eigenvalue weighted by molar-refractivity contribution is 7.95. The standard InChI is InChI=1S/C23H28ClFN6O2S/c1-30-20(23(33)28-16-5-6-18(25)17(24)12-16)13-19(29-34-30)22(32)27-14-15-7-10-31(11-8-15)21-4-2-3-9-26-21/h2-6,9,12,15,19-20,29H,7-8,10-11,13-14H2,1H3,(H,27,32)(H,28,33). The highest BCUT2D eigenvalue weighted by Gasteiger charge is 2.35. The third-order valence-electron chi connectivity index (χ3n) is 6.20. The van der Waals surface area contributed by atoms with Gasteiger partial charge in [-0.15, -0.1) is 0 Å². The number of hydrogen-bond donors (Lipinski definition) is 3. The lowest BCUT2D eigenvalue weighted by Crippen LogP contribution is -2.54. The zero-order chi connectivity index (χ0) is 24.1. The maximum Gasteiger partial charge on any atom is 0.242 e. The number of halogens is 2. The number of nitrogens with one attached hydrogen (secondary N) is 3. The van der Waals surface area contributed by atoms with Crippen LogP contribution in [-0.4, -0.2) is 59.9 Å². The molecular weight excluding hydrogens is 479 g/mol. The van der Waals surface area contributed by atoms with Gasteiger partial charge in [0.05, 0.1) is 11.1 Å². The largest absolute Gasteiger partial charge is 0.357 e. The van der Waals surface area contributed by atoms with E-state index in [1.54, 1.807) is 17.5 Å². The minimum atomic E-state index is -0.548. The summed E-state index contributed by atoms with van der Waals surface area (Å²) in [5.41, 5.74) is 0.409. The maximum atomic E-state index is 13.4. The molecule has 0 radical (unpaired) electrons. The Morgan fingerprint density at radius 2 is 2.03 bits per heavy atom. The Labute approximate surface area is 207 Å². The number of carbonyl (C=O) groups is 2. The van der Waals surface area contributed by atoms with Gasteiger partial charge in [0.25, 0.3) is 0 Å². The van der Waals surface area contributed by atoms with E-state index in [-0.39, 0.29) is 16.8 Å². The molecule has 2 aliphatic heterocycles. The second-order valence-electron chi connectivity index (χ2n) is 8.54. The maximum absolute atomic E-state index is 13.4. The van der Waals surface area contributed by atoms with Crippen molar-refractivity contribution in [3.8, 4) is 0 Å². The van der Waals surface area contributed by atoms with Crippen molar-refractivity contribution in [3.05, 3.63) is 53.4 Å². The summed E-state index contributed by atoms with van der Waals surface area (Å²) in [5.74, 6) is 0.456. The number of benzene rings is 1. The van der Waals surface area contributed by atoms with Gasteiger partial charge in [0.2, 0.25) is 11.8 Å². The minimum Gasteiger partial charge on any atom is -0.357 e. The lowest BCUT2D eigenvalue weighted by Gasteiger charge is -2.35. The first kappa shape index (κ1) is 24.7. The number of piperidine rings is 1. The summed E-state index contributed by atoms with van der Waals surface area (Å²) >= 11 is 7.03. The van der Waals surface area contributed by atoms with Gasteiger partial charge in [-0.2, -0.15) is 0 Å². The van der Waals surface area contributed by atoms with E-state index in [1.807, 2.05) is 18.2 Å². The third kappa shape index (κ3) is 6.18. The lowest BCUT2D eigenvalue weighted by molar-refractivity contribution is -0.124. The average Bonchev–Trinajstić information content (AvgIpc) is 2.86. The second kappa shape index (κ2) is 11.4. The number of pyridine rings is 1. The van der Waals surface area contributed by atoms with Crippen LogP contribution >= 0.6 is 23.7 Å². The van der Waals surface area contributed by atoms with Crippen molar-refractivity contribution in [1.29, 1.82) is 0 Å². The molecule has 34 heavy (non-hydrogen) atoms. The lowest BCUT2D eigenvalue weighted by atomic mass is 9.96. The molecule has 2 atom stereocenters. The molecule has 2 aromatic rings. The molecule has 0 aliphatic carbocycles. The van der Waals surface area contributed by atoms with Gasteiger partial charge in [0.1, 0.15) is 17.7 Å².